The number of hydrogen-bond acceptors (Lipinski definition) is 5. The number of fused-ring (bicyclic) bond motifs is 1. The molecule has 1 saturated heterocycles. The number of phenolic OH excluding ortho intramolecular Hbond substituents is 1. The molecule has 1 fully saturated rings. The van der Waals surface area contributed by atoms with E-state index >= 15 is 0 Å². The standard InChI is InChI=1S/C23H26BrN3O3.ClH/c1-3-30-23(29)22-17-13-21(28)18(24)14-19(17)25(2)20(22)15-26-9-11-27(12-10-26)16-7-5-4-6-8-16;/h4-8,13-14,28H,3,9-12,15H2,1-2H3;1H. The minimum absolute atomic E-state index is 0. The molecule has 0 saturated carbocycles. The van der Waals surface area contributed by atoms with Crippen LogP contribution in [0.3, 0.4) is 0 Å². The van der Waals surface area contributed by atoms with E-state index in [1.54, 1.807) is 13.0 Å². The van der Waals surface area contributed by atoms with E-state index in [9.17, 15) is 9.90 Å². The number of hydrogen-bond donors (Lipinski definition) is 1. The highest BCUT2D eigenvalue weighted by molar-refractivity contribution is 9.10. The fraction of sp³-hybridized carbons (Fsp3) is 0.348. The van der Waals surface area contributed by atoms with Crippen molar-refractivity contribution in [1.29, 1.82) is 0 Å². The SMILES string of the molecule is CCOC(=O)c1c(CN2CCN(c3ccccc3)CC2)n(C)c2cc(Br)c(O)cc12.Cl. The minimum atomic E-state index is -0.345. The molecule has 3 aromatic rings. The second kappa shape index (κ2) is 9.94. The zero-order valence-corrected chi connectivity index (χ0v) is 20.1. The van der Waals surface area contributed by atoms with Gasteiger partial charge in [-0.05, 0) is 47.1 Å². The summed E-state index contributed by atoms with van der Waals surface area (Å²) >= 11 is 3.38. The molecular formula is C23H27BrClN3O3. The molecule has 8 heteroatoms. The highest BCUT2D eigenvalue weighted by atomic mass is 79.9. The lowest BCUT2D eigenvalue weighted by molar-refractivity contribution is 0.0525. The molecule has 31 heavy (non-hydrogen) atoms. The van der Waals surface area contributed by atoms with Gasteiger partial charge >= 0.3 is 5.97 Å². The Balaban J connectivity index is 0.00000272. The Hall–Kier alpha value is -2.22. The molecule has 0 aliphatic carbocycles. The van der Waals surface area contributed by atoms with Crippen LogP contribution in [0, 0.1) is 0 Å². The molecule has 1 aliphatic heterocycles. The van der Waals surface area contributed by atoms with Crippen LogP contribution in [0.15, 0.2) is 46.9 Å². The van der Waals surface area contributed by atoms with Crippen LogP contribution in [-0.4, -0.2) is 53.3 Å². The van der Waals surface area contributed by atoms with E-state index in [1.807, 2.05) is 23.7 Å². The predicted octanol–water partition coefficient (Wildman–Crippen LogP) is 4.57. The quantitative estimate of drug-likeness (QED) is 0.512. The van der Waals surface area contributed by atoms with Crippen LogP contribution in [0.2, 0.25) is 0 Å². The van der Waals surface area contributed by atoms with Crippen molar-refractivity contribution in [2.75, 3.05) is 37.7 Å². The molecule has 0 atom stereocenters. The summed E-state index contributed by atoms with van der Waals surface area (Å²) in [5.41, 5.74) is 3.59. The molecule has 2 heterocycles. The van der Waals surface area contributed by atoms with Crippen molar-refractivity contribution >= 4 is 50.9 Å². The average molecular weight is 509 g/mol. The second-order valence-corrected chi connectivity index (χ2v) is 8.38. The molecule has 2 aromatic carbocycles. The summed E-state index contributed by atoms with van der Waals surface area (Å²) in [5.74, 6) is -0.232. The number of rotatable bonds is 5. The Kier molecular flexibility index (Phi) is 7.51. The first-order chi connectivity index (χ1) is 14.5. The van der Waals surface area contributed by atoms with Crippen LogP contribution in [0.5, 0.6) is 5.75 Å². The molecular weight excluding hydrogens is 482 g/mol. The number of anilines is 1. The second-order valence-electron chi connectivity index (χ2n) is 7.52. The van der Waals surface area contributed by atoms with Gasteiger partial charge in [-0.25, -0.2) is 4.79 Å². The number of carbonyl (C=O) groups excluding carboxylic acids is 1. The number of benzene rings is 2. The molecule has 1 aromatic heterocycles. The lowest BCUT2D eigenvalue weighted by Gasteiger charge is -2.36. The number of para-hydroxylation sites is 1. The first-order valence-corrected chi connectivity index (χ1v) is 11.0. The third-order valence-corrected chi connectivity index (χ3v) is 6.37. The summed E-state index contributed by atoms with van der Waals surface area (Å²) in [6.45, 7) is 6.47. The topological polar surface area (TPSA) is 57.9 Å². The van der Waals surface area contributed by atoms with Crippen molar-refractivity contribution in [3.05, 3.63) is 58.2 Å². The number of aromatic hydroxyl groups is 1. The summed E-state index contributed by atoms with van der Waals surface area (Å²) in [7, 11) is 1.96. The monoisotopic (exact) mass is 507 g/mol. The number of piperazine rings is 1. The van der Waals surface area contributed by atoms with Crippen molar-refractivity contribution in [2.45, 2.75) is 13.5 Å². The fourth-order valence-corrected chi connectivity index (χ4v) is 4.46. The molecule has 1 aliphatic rings. The number of esters is 1. The number of halogens is 2. The molecule has 0 spiro atoms. The van der Waals surface area contributed by atoms with Gasteiger partial charge in [0.05, 0.1) is 22.2 Å². The van der Waals surface area contributed by atoms with E-state index in [2.05, 4.69) is 50.0 Å². The van der Waals surface area contributed by atoms with Gasteiger partial charge in [-0.2, -0.15) is 0 Å². The Bertz CT molecular complexity index is 1060. The zero-order valence-electron chi connectivity index (χ0n) is 17.7. The molecule has 166 valence electrons. The number of phenols is 1. The number of ether oxygens (including phenoxy) is 1. The van der Waals surface area contributed by atoms with Gasteiger partial charge in [-0.15, -0.1) is 12.4 Å². The van der Waals surface area contributed by atoms with E-state index in [-0.39, 0.29) is 24.1 Å². The van der Waals surface area contributed by atoms with Crippen LogP contribution in [0.4, 0.5) is 5.69 Å². The average Bonchev–Trinajstić information content (AvgIpc) is 3.01. The third-order valence-electron chi connectivity index (χ3n) is 5.74. The van der Waals surface area contributed by atoms with E-state index in [1.165, 1.54) is 5.69 Å². The number of aryl methyl sites for hydroxylation is 1. The van der Waals surface area contributed by atoms with Gasteiger partial charge in [0, 0.05) is 56.5 Å². The Morgan fingerprint density at radius 2 is 1.81 bits per heavy atom. The van der Waals surface area contributed by atoms with Crippen molar-refractivity contribution in [3.63, 3.8) is 0 Å². The number of aromatic nitrogens is 1. The molecule has 0 amide bonds. The molecule has 1 N–H and O–H groups in total. The summed E-state index contributed by atoms with van der Waals surface area (Å²) in [5, 5.41) is 10.9. The Morgan fingerprint density at radius 1 is 1.13 bits per heavy atom. The lowest BCUT2D eigenvalue weighted by atomic mass is 10.1. The first kappa shape index (κ1) is 23.4. The van der Waals surface area contributed by atoms with Gasteiger partial charge in [0.25, 0.3) is 0 Å². The van der Waals surface area contributed by atoms with Crippen LogP contribution >= 0.6 is 28.3 Å². The van der Waals surface area contributed by atoms with Gasteiger partial charge in [-0.3, -0.25) is 4.90 Å². The van der Waals surface area contributed by atoms with Gasteiger partial charge in [-0.1, -0.05) is 18.2 Å². The molecule has 0 radical (unpaired) electrons. The van der Waals surface area contributed by atoms with Gasteiger partial charge < -0.3 is 19.3 Å². The van der Waals surface area contributed by atoms with Crippen LogP contribution < -0.4 is 4.90 Å². The Morgan fingerprint density at radius 3 is 2.45 bits per heavy atom. The molecule has 0 bridgehead atoms. The van der Waals surface area contributed by atoms with E-state index in [4.69, 9.17) is 4.74 Å². The smallest absolute Gasteiger partial charge is 0.340 e. The van der Waals surface area contributed by atoms with Gasteiger partial charge in [0.1, 0.15) is 5.75 Å². The lowest BCUT2D eigenvalue weighted by Crippen LogP contribution is -2.46. The van der Waals surface area contributed by atoms with Crippen LogP contribution in [0.25, 0.3) is 10.9 Å². The van der Waals surface area contributed by atoms with Crippen LogP contribution in [-0.2, 0) is 18.3 Å². The number of nitrogens with zero attached hydrogens (tertiary/aromatic N) is 3. The maximum atomic E-state index is 12.8. The maximum absolute atomic E-state index is 12.8. The molecule has 4 rings (SSSR count). The molecule has 0 unspecified atom stereocenters. The summed E-state index contributed by atoms with van der Waals surface area (Å²) in [6.07, 6.45) is 0. The van der Waals surface area contributed by atoms with E-state index in [0.717, 1.165) is 42.8 Å². The van der Waals surface area contributed by atoms with Gasteiger partial charge in [0.2, 0.25) is 0 Å². The normalized spacial score (nSPS) is 14.5. The number of carbonyl (C=O) groups is 1. The largest absolute Gasteiger partial charge is 0.507 e. The van der Waals surface area contributed by atoms with Crippen molar-refractivity contribution in [3.8, 4) is 5.75 Å². The van der Waals surface area contributed by atoms with Crippen molar-refractivity contribution in [1.82, 2.24) is 9.47 Å². The summed E-state index contributed by atoms with van der Waals surface area (Å²) in [4.78, 5) is 17.6. The first-order valence-electron chi connectivity index (χ1n) is 10.2. The minimum Gasteiger partial charge on any atom is -0.507 e. The third kappa shape index (κ3) is 4.68. The van der Waals surface area contributed by atoms with Crippen molar-refractivity contribution in [2.24, 2.45) is 7.05 Å². The van der Waals surface area contributed by atoms with Crippen LogP contribution in [0.1, 0.15) is 23.0 Å². The fourth-order valence-electron chi connectivity index (χ4n) is 4.13. The van der Waals surface area contributed by atoms with Crippen molar-refractivity contribution < 1.29 is 14.6 Å². The van der Waals surface area contributed by atoms with E-state index in [0.29, 0.717) is 23.2 Å². The summed E-state index contributed by atoms with van der Waals surface area (Å²) < 4.78 is 7.99. The predicted molar refractivity (Wildman–Crippen MR) is 129 cm³/mol. The highest BCUT2D eigenvalue weighted by Crippen LogP contribution is 2.35. The van der Waals surface area contributed by atoms with E-state index < -0.39 is 0 Å². The maximum Gasteiger partial charge on any atom is 0.340 e. The van der Waals surface area contributed by atoms with Gasteiger partial charge in [0.15, 0.2) is 0 Å². The highest BCUT2D eigenvalue weighted by Gasteiger charge is 2.26. The Labute approximate surface area is 196 Å². The summed E-state index contributed by atoms with van der Waals surface area (Å²) in [6, 6.07) is 13.9. The molecule has 6 nitrogen and oxygen atoms in total. The zero-order chi connectivity index (χ0) is 21.3.